The third kappa shape index (κ3) is 0.949. The summed E-state index contributed by atoms with van der Waals surface area (Å²) in [5.74, 6) is 0.192. The minimum absolute atomic E-state index is 0.192. The molecular formula is C8H15N3O. The van der Waals surface area contributed by atoms with Crippen LogP contribution in [0.1, 0.15) is 6.42 Å². The lowest BCUT2D eigenvalue weighted by Gasteiger charge is -2.40. The highest BCUT2D eigenvalue weighted by Crippen LogP contribution is 2.23. The van der Waals surface area contributed by atoms with Crippen molar-refractivity contribution in [2.24, 2.45) is 0 Å². The van der Waals surface area contributed by atoms with Gasteiger partial charge in [0.15, 0.2) is 0 Å². The SMILES string of the molecule is CN1CCNCC12CCNC2=O. The van der Waals surface area contributed by atoms with Gasteiger partial charge in [-0.1, -0.05) is 0 Å². The van der Waals surface area contributed by atoms with Gasteiger partial charge in [0, 0.05) is 26.2 Å². The first-order valence-electron chi connectivity index (χ1n) is 4.46. The predicted octanol–water partition coefficient (Wildman–Crippen LogP) is -1.22. The molecule has 2 aliphatic rings. The Labute approximate surface area is 72.3 Å². The molecule has 0 aromatic heterocycles. The molecule has 2 aliphatic heterocycles. The maximum absolute atomic E-state index is 11.6. The van der Waals surface area contributed by atoms with Crippen LogP contribution in [0.3, 0.4) is 0 Å². The number of amides is 1. The molecule has 0 aromatic rings. The van der Waals surface area contributed by atoms with Crippen molar-refractivity contribution in [2.45, 2.75) is 12.0 Å². The van der Waals surface area contributed by atoms with Crippen LogP contribution in [0.15, 0.2) is 0 Å². The molecule has 2 N–H and O–H groups in total. The molecule has 0 aromatic carbocycles. The number of carbonyl (C=O) groups is 1. The van der Waals surface area contributed by atoms with Crippen LogP contribution in [0.2, 0.25) is 0 Å². The number of nitrogens with one attached hydrogen (secondary N) is 2. The van der Waals surface area contributed by atoms with Gasteiger partial charge in [-0.2, -0.15) is 0 Å². The van der Waals surface area contributed by atoms with Crippen LogP contribution in [0, 0.1) is 0 Å². The maximum atomic E-state index is 11.6. The van der Waals surface area contributed by atoms with Gasteiger partial charge in [-0.05, 0) is 13.5 Å². The number of likely N-dealkylation sites (N-methyl/N-ethyl adjacent to an activating group) is 1. The first-order chi connectivity index (χ1) is 5.76. The Kier molecular flexibility index (Phi) is 1.81. The molecule has 4 nitrogen and oxygen atoms in total. The van der Waals surface area contributed by atoms with Crippen molar-refractivity contribution in [2.75, 3.05) is 33.2 Å². The zero-order chi connectivity index (χ0) is 8.60. The Morgan fingerprint density at radius 3 is 2.92 bits per heavy atom. The van der Waals surface area contributed by atoms with E-state index in [2.05, 4.69) is 15.5 Å². The molecule has 68 valence electrons. The summed E-state index contributed by atoms with van der Waals surface area (Å²) < 4.78 is 0. The quantitative estimate of drug-likeness (QED) is 0.478. The largest absolute Gasteiger partial charge is 0.354 e. The number of piperazine rings is 1. The summed E-state index contributed by atoms with van der Waals surface area (Å²) in [7, 11) is 2.03. The molecule has 2 saturated heterocycles. The molecule has 4 heteroatoms. The van der Waals surface area contributed by atoms with Gasteiger partial charge in [-0.25, -0.2) is 0 Å². The van der Waals surface area contributed by atoms with E-state index in [1.165, 1.54) is 0 Å². The molecule has 2 heterocycles. The molecule has 2 fully saturated rings. The standard InChI is InChI=1S/C8H15N3O/c1-11-5-4-9-6-8(11)2-3-10-7(8)12/h9H,2-6H2,1H3,(H,10,12). The second-order valence-electron chi connectivity index (χ2n) is 3.64. The Balaban J connectivity index is 2.21. The topological polar surface area (TPSA) is 44.4 Å². The lowest BCUT2D eigenvalue weighted by Crippen LogP contribution is -2.63. The van der Waals surface area contributed by atoms with E-state index in [9.17, 15) is 4.79 Å². The fourth-order valence-corrected chi connectivity index (χ4v) is 2.08. The normalized spacial score (nSPS) is 37.2. The fraction of sp³-hybridized carbons (Fsp3) is 0.875. The Morgan fingerprint density at radius 2 is 2.33 bits per heavy atom. The summed E-state index contributed by atoms with van der Waals surface area (Å²) in [6.07, 6.45) is 0.940. The average Bonchev–Trinajstić information content (AvgIpc) is 2.41. The maximum Gasteiger partial charge on any atom is 0.241 e. The van der Waals surface area contributed by atoms with Crippen molar-refractivity contribution >= 4 is 5.91 Å². The molecule has 2 rings (SSSR count). The highest BCUT2D eigenvalue weighted by Gasteiger charge is 2.46. The smallest absolute Gasteiger partial charge is 0.241 e. The van der Waals surface area contributed by atoms with Gasteiger partial charge in [0.2, 0.25) is 5.91 Å². The third-order valence-electron chi connectivity index (χ3n) is 3.02. The van der Waals surface area contributed by atoms with E-state index in [0.717, 1.165) is 32.6 Å². The van der Waals surface area contributed by atoms with E-state index in [1.54, 1.807) is 0 Å². The van der Waals surface area contributed by atoms with Gasteiger partial charge in [0.25, 0.3) is 0 Å². The zero-order valence-electron chi connectivity index (χ0n) is 7.39. The molecule has 1 spiro atoms. The summed E-state index contributed by atoms with van der Waals surface area (Å²) in [6, 6.07) is 0. The minimum Gasteiger partial charge on any atom is -0.354 e. The van der Waals surface area contributed by atoms with Crippen molar-refractivity contribution in [1.82, 2.24) is 15.5 Å². The molecule has 0 saturated carbocycles. The van der Waals surface area contributed by atoms with Crippen LogP contribution in [0.5, 0.6) is 0 Å². The lowest BCUT2D eigenvalue weighted by atomic mass is 9.94. The van der Waals surface area contributed by atoms with E-state index in [1.807, 2.05) is 7.05 Å². The van der Waals surface area contributed by atoms with Crippen LogP contribution >= 0.6 is 0 Å². The first-order valence-corrected chi connectivity index (χ1v) is 4.46. The number of hydrogen-bond acceptors (Lipinski definition) is 3. The van der Waals surface area contributed by atoms with Gasteiger partial charge < -0.3 is 10.6 Å². The zero-order valence-corrected chi connectivity index (χ0v) is 7.39. The minimum atomic E-state index is -0.238. The number of rotatable bonds is 0. The monoisotopic (exact) mass is 169 g/mol. The molecule has 1 atom stereocenters. The van der Waals surface area contributed by atoms with Gasteiger partial charge in [-0.3, -0.25) is 9.69 Å². The highest BCUT2D eigenvalue weighted by molar-refractivity contribution is 5.88. The van der Waals surface area contributed by atoms with Crippen LogP contribution in [0.4, 0.5) is 0 Å². The Hall–Kier alpha value is -0.610. The first kappa shape index (κ1) is 8.01. The van der Waals surface area contributed by atoms with E-state index < -0.39 is 0 Å². The Bertz CT molecular complexity index is 206. The van der Waals surface area contributed by atoms with E-state index in [-0.39, 0.29) is 11.4 Å². The van der Waals surface area contributed by atoms with E-state index in [0.29, 0.717) is 0 Å². The van der Waals surface area contributed by atoms with E-state index >= 15 is 0 Å². The van der Waals surface area contributed by atoms with Crippen molar-refractivity contribution in [3.8, 4) is 0 Å². The van der Waals surface area contributed by atoms with Crippen molar-refractivity contribution in [3.63, 3.8) is 0 Å². The Morgan fingerprint density at radius 1 is 1.50 bits per heavy atom. The molecule has 0 aliphatic carbocycles. The number of hydrogen-bond donors (Lipinski definition) is 2. The van der Waals surface area contributed by atoms with E-state index in [4.69, 9.17) is 0 Å². The van der Waals surface area contributed by atoms with Crippen LogP contribution in [-0.4, -0.2) is 49.6 Å². The third-order valence-corrected chi connectivity index (χ3v) is 3.02. The summed E-state index contributed by atoms with van der Waals surface area (Å²) in [6.45, 7) is 3.58. The summed E-state index contributed by atoms with van der Waals surface area (Å²) in [5, 5.41) is 6.17. The van der Waals surface area contributed by atoms with Crippen molar-refractivity contribution < 1.29 is 4.79 Å². The number of nitrogens with zero attached hydrogens (tertiary/aromatic N) is 1. The average molecular weight is 169 g/mol. The highest BCUT2D eigenvalue weighted by atomic mass is 16.2. The van der Waals surface area contributed by atoms with Crippen molar-refractivity contribution in [1.29, 1.82) is 0 Å². The predicted molar refractivity (Wildman–Crippen MR) is 45.9 cm³/mol. The summed E-state index contributed by atoms with van der Waals surface area (Å²) in [5.41, 5.74) is -0.238. The second-order valence-corrected chi connectivity index (χ2v) is 3.64. The van der Waals surface area contributed by atoms with Crippen LogP contribution in [-0.2, 0) is 4.79 Å². The molecule has 12 heavy (non-hydrogen) atoms. The summed E-state index contributed by atoms with van der Waals surface area (Å²) >= 11 is 0. The lowest BCUT2D eigenvalue weighted by molar-refractivity contribution is -0.130. The van der Waals surface area contributed by atoms with Gasteiger partial charge in [-0.15, -0.1) is 0 Å². The fourth-order valence-electron chi connectivity index (χ4n) is 2.08. The molecule has 1 unspecified atom stereocenters. The molecule has 0 radical (unpaired) electrons. The van der Waals surface area contributed by atoms with Gasteiger partial charge in [0.05, 0.1) is 0 Å². The van der Waals surface area contributed by atoms with Crippen LogP contribution in [0.25, 0.3) is 0 Å². The van der Waals surface area contributed by atoms with Gasteiger partial charge in [0.1, 0.15) is 5.54 Å². The molecular weight excluding hydrogens is 154 g/mol. The second kappa shape index (κ2) is 2.71. The number of carbonyl (C=O) groups excluding carboxylic acids is 1. The summed E-state index contributed by atoms with van der Waals surface area (Å²) in [4.78, 5) is 13.7. The van der Waals surface area contributed by atoms with Gasteiger partial charge >= 0.3 is 0 Å². The van der Waals surface area contributed by atoms with Crippen LogP contribution < -0.4 is 10.6 Å². The van der Waals surface area contributed by atoms with Crippen molar-refractivity contribution in [3.05, 3.63) is 0 Å². The molecule has 0 bridgehead atoms. The molecule has 1 amide bonds.